The van der Waals surface area contributed by atoms with Crippen LogP contribution in [-0.4, -0.2) is 24.6 Å². The van der Waals surface area contributed by atoms with Crippen LogP contribution in [0, 0.1) is 0 Å². The number of nitrogens with one attached hydrogen (secondary N) is 1. The van der Waals surface area contributed by atoms with Crippen molar-refractivity contribution < 1.29 is 0 Å². The minimum Gasteiger partial charge on any atom is -0.372 e. The van der Waals surface area contributed by atoms with Gasteiger partial charge in [0.25, 0.3) is 0 Å². The molecule has 0 bridgehead atoms. The SMILES string of the molecule is CCN(CC)c1ccc(-c2[nH]c3c(Br)cc(Cl)cc3c2CCCCN)cc1. The summed E-state index contributed by atoms with van der Waals surface area (Å²) in [5.74, 6) is 0. The van der Waals surface area contributed by atoms with Crippen LogP contribution in [0.2, 0.25) is 5.02 Å². The van der Waals surface area contributed by atoms with E-state index in [2.05, 4.69) is 70.0 Å². The lowest BCUT2D eigenvalue weighted by Gasteiger charge is -2.21. The Bertz CT molecular complexity index is 898. The number of aromatic amines is 1. The average Bonchev–Trinajstić information content (AvgIpc) is 3.02. The van der Waals surface area contributed by atoms with E-state index in [9.17, 15) is 0 Å². The molecule has 3 nitrogen and oxygen atoms in total. The molecule has 3 aromatic rings. The number of aryl methyl sites for hydroxylation is 1. The van der Waals surface area contributed by atoms with E-state index in [-0.39, 0.29) is 0 Å². The summed E-state index contributed by atoms with van der Waals surface area (Å²) in [5, 5.41) is 1.94. The number of rotatable bonds is 8. The van der Waals surface area contributed by atoms with Gasteiger partial charge in [-0.25, -0.2) is 0 Å². The van der Waals surface area contributed by atoms with E-state index in [4.69, 9.17) is 17.3 Å². The van der Waals surface area contributed by atoms with Crippen LogP contribution < -0.4 is 10.6 Å². The Hall–Kier alpha value is -1.49. The lowest BCUT2D eigenvalue weighted by molar-refractivity contribution is 0.748. The minimum absolute atomic E-state index is 0.723. The summed E-state index contributed by atoms with van der Waals surface area (Å²) in [7, 11) is 0. The molecule has 1 aromatic heterocycles. The lowest BCUT2D eigenvalue weighted by Crippen LogP contribution is -2.21. The Kier molecular flexibility index (Phi) is 6.85. The molecule has 2 aromatic carbocycles. The summed E-state index contributed by atoms with van der Waals surface area (Å²) < 4.78 is 0.996. The molecule has 144 valence electrons. The van der Waals surface area contributed by atoms with Crippen molar-refractivity contribution >= 4 is 44.1 Å². The summed E-state index contributed by atoms with van der Waals surface area (Å²) in [6.07, 6.45) is 3.07. The van der Waals surface area contributed by atoms with E-state index in [0.717, 1.165) is 53.9 Å². The highest BCUT2D eigenvalue weighted by Gasteiger charge is 2.16. The third kappa shape index (κ3) is 4.34. The van der Waals surface area contributed by atoms with E-state index < -0.39 is 0 Å². The monoisotopic (exact) mass is 447 g/mol. The van der Waals surface area contributed by atoms with Gasteiger partial charge < -0.3 is 15.6 Å². The largest absolute Gasteiger partial charge is 0.372 e. The van der Waals surface area contributed by atoms with Gasteiger partial charge in [0.15, 0.2) is 0 Å². The van der Waals surface area contributed by atoms with Gasteiger partial charge in [-0.1, -0.05) is 23.7 Å². The topological polar surface area (TPSA) is 45.0 Å². The molecular formula is C22H27BrClN3. The fraction of sp³-hybridized carbons (Fsp3) is 0.364. The van der Waals surface area contributed by atoms with E-state index in [1.54, 1.807) is 0 Å². The van der Waals surface area contributed by atoms with Crippen LogP contribution in [0.1, 0.15) is 32.3 Å². The molecule has 1 heterocycles. The van der Waals surface area contributed by atoms with Crippen LogP contribution in [0.15, 0.2) is 40.9 Å². The molecular weight excluding hydrogens is 422 g/mol. The molecule has 5 heteroatoms. The lowest BCUT2D eigenvalue weighted by atomic mass is 10.00. The van der Waals surface area contributed by atoms with Crippen molar-refractivity contribution in [1.29, 1.82) is 0 Å². The molecule has 3 rings (SSSR count). The van der Waals surface area contributed by atoms with Crippen LogP contribution in [-0.2, 0) is 6.42 Å². The average molecular weight is 449 g/mol. The zero-order valence-electron chi connectivity index (χ0n) is 16.0. The Morgan fingerprint density at radius 2 is 1.78 bits per heavy atom. The van der Waals surface area contributed by atoms with Crippen LogP contribution in [0.25, 0.3) is 22.2 Å². The molecule has 0 aliphatic heterocycles. The predicted molar refractivity (Wildman–Crippen MR) is 122 cm³/mol. The van der Waals surface area contributed by atoms with E-state index in [1.807, 2.05) is 6.07 Å². The number of hydrogen-bond donors (Lipinski definition) is 2. The van der Waals surface area contributed by atoms with Crippen molar-refractivity contribution in [2.24, 2.45) is 5.73 Å². The second kappa shape index (κ2) is 9.13. The van der Waals surface area contributed by atoms with Crippen molar-refractivity contribution in [3.63, 3.8) is 0 Å². The van der Waals surface area contributed by atoms with Crippen LogP contribution >= 0.6 is 27.5 Å². The number of nitrogens with zero attached hydrogens (tertiary/aromatic N) is 1. The minimum atomic E-state index is 0.723. The normalized spacial score (nSPS) is 11.3. The summed E-state index contributed by atoms with van der Waals surface area (Å²) in [4.78, 5) is 5.98. The zero-order chi connectivity index (χ0) is 19.4. The first-order valence-electron chi connectivity index (χ1n) is 9.64. The summed E-state index contributed by atoms with van der Waals surface area (Å²) in [6, 6.07) is 12.8. The highest BCUT2D eigenvalue weighted by atomic mass is 79.9. The van der Waals surface area contributed by atoms with E-state index in [1.165, 1.54) is 27.9 Å². The van der Waals surface area contributed by atoms with Crippen LogP contribution in [0.5, 0.6) is 0 Å². The Morgan fingerprint density at radius 1 is 1.07 bits per heavy atom. The van der Waals surface area contributed by atoms with Crippen LogP contribution in [0.3, 0.4) is 0 Å². The molecule has 0 saturated heterocycles. The van der Waals surface area contributed by atoms with E-state index in [0.29, 0.717) is 0 Å². The summed E-state index contributed by atoms with van der Waals surface area (Å²) >= 11 is 9.99. The number of hydrogen-bond acceptors (Lipinski definition) is 2. The van der Waals surface area contributed by atoms with Gasteiger partial charge in [-0.3, -0.25) is 0 Å². The van der Waals surface area contributed by atoms with Crippen molar-refractivity contribution in [2.75, 3.05) is 24.5 Å². The van der Waals surface area contributed by atoms with Gasteiger partial charge in [-0.15, -0.1) is 0 Å². The molecule has 0 aliphatic rings. The molecule has 0 atom stereocenters. The van der Waals surface area contributed by atoms with E-state index >= 15 is 0 Å². The number of halogens is 2. The van der Waals surface area contributed by atoms with Gasteiger partial charge in [0.05, 0.1) is 5.52 Å². The van der Waals surface area contributed by atoms with Gasteiger partial charge in [-0.05, 0) is 91.0 Å². The number of unbranched alkanes of at least 4 members (excludes halogenated alkanes) is 1. The van der Waals surface area contributed by atoms with Gasteiger partial charge >= 0.3 is 0 Å². The fourth-order valence-electron chi connectivity index (χ4n) is 3.65. The first kappa shape index (κ1) is 20.2. The predicted octanol–water partition coefficient (Wildman–Crippen LogP) is 6.38. The highest BCUT2D eigenvalue weighted by Crippen LogP contribution is 2.37. The Balaban J connectivity index is 2.06. The number of nitrogens with two attached hydrogens (primary N) is 1. The quantitative estimate of drug-likeness (QED) is 0.393. The van der Waals surface area contributed by atoms with Crippen molar-refractivity contribution in [3.8, 4) is 11.3 Å². The molecule has 0 fully saturated rings. The third-order valence-corrected chi connectivity index (χ3v) is 5.94. The molecule has 0 radical (unpaired) electrons. The molecule has 0 amide bonds. The van der Waals surface area contributed by atoms with Gasteiger partial charge in [-0.2, -0.15) is 0 Å². The van der Waals surface area contributed by atoms with Crippen molar-refractivity contribution in [2.45, 2.75) is 33.1 Å². The standard InChI is InChI=1S/C22H27BrClN3/c1-3-27(4-2)17-10-8-15(9-11-17)21-18(7-5-6-12-25)19-13-16(24)14-20(23)22(19)26-21/h8-11,13-14,26H,3-7,12,25H2,1-2H3. The molecule has 0 spiro atoms. The number of H-pyrrole nitrogens is 1. The summed E-state index contributed by atoms with van der Waals surface area (Å²) in [6.45, 7) is 7.12. The molecule has 0 unspecified atom stereocenters. The second-order valence-electron chi connectivity index (χ2n) is 6.75. The first-order valence-corrected chi connectivity index (χ1v) is 10.8. The van der Waals surface area contributed by atoms with Gasteiger partial charge in [0.2, 0.25) is 0 Å². The van der Waals surface area contributed by atoms with Crippen molar-refractivity contribution in [1.82, 2.24) is 4.98 Å². The maximum Gasteiger partial charge on any atom is 0.0607 e. The third-order valence-electron chi connectivity index (χ3n) is 5.10. The first-order chi connectivity index (χ1) is 13.1. The molecule has 3 N–H and O–H groups in total. The second-order valence-corrected chi connectivity index (χ2v) is 8.04. The van der Waals surface area contributed by atoms with Gasteiger partial charge in [0.1, 0.15) is 0 Å². The maximum absolute atomic E-state index is 6.33. The zero-order valence-corrected chi connectivity index (χ0v) is 18.3. The molecule has 0 aliphatic carbocycles. The number of anilines is 1. The highest BCUT2D eigenvalue weighted by molar-refractivity contribution is 9.10. The summed E-state index contributed by atoms with van der Waals surface area (Å²) in [5.41, 5.74) is 11.8. The fourth-order valence-corrected chi connectivity index (χ4v) is 4.56. The molecule has 27 heavy (non-hydrogen) atoms. The Labute approximate surface area is 175 Å². The maximum atomic E-state index is 6.33. The molecule has 0 saturated carbocycles. The smallest absolute Gasteiger partial charge is 0.0607 e. The van der Waals surface area contributed by atoms with Crippen LogP contribution in [0.4, 0.5) is 5.69 Å². The number of aromatic nitrogens is 1. The van der Waals surface area contributed by atoms with Gasteiger partial charge in [0, 0.05) is 39.4 Å². The van der Waals surface area contributed by atoms with Crippen molar-refractivity contribution in [3.05, 3.63) is 51.5 Å². The number of benzene rings is 2. The Morgan fingerprint density at radius 3 is 2.41 bits per heavy atom. The number of fused-ring (bicyclic) bond motifs is 1.